The highest BCUT2D eigenvalue weighted by Crippen LogP contribution is 2.38. The molecular weight excluding hydrogens is 468 g/mol. The molecule has 1 aromatic heterocycles. The lowest BCUT2D eigenvalue weighted by Crippen LogP contribution is -2.12. The number of nitriles is 2. The van der Waals surface area contributed by atoms with Crippen LogP contribution in [0.5, 0.6) is 0 Å². The number of halogens is 1. The number of aromatic nitrogens is 2. The van der Waals surface area contributed by atoms with Crippen LogP contribution < -0.4 is 0 Å². The number of imidazole rings is 1. The molecule has 1 unspecified atom stereocenters. The molecule has 0 aliphatic rings. The second kappa shape index (κ2) is 10.1. The zero-order chi connectivity index (χ0) is 25.1. The van der Waals surface area contributed by atoms with Crippen LogP contribution in [-0.4, -0.2) is 9.55 Å². The molecule has 4 aromatic carbocycles. The van der Waals surface area contributed by atoms with Gasteiger partial charge in [-0.15, -0.1) is 0 Å². The van der Waals surface area contributed by atoms with Crippen LogP contribution in [0.15, 0.2) is 91.4 Å². The van der Waals surface area contributed by atoms with Gasteiger partial charge in [-0.3, -0.25) is 0 Å². The summed E-state index contributed by atoms with van der Waals surface area (Å²) < 4.78 is 8.46. The van der Waals surface area contributed by atoms with Gasteiger partial charge in [0.25, 0.3) is 0 Å². The van der Waals surface area contributed by atoms with Crippen LogP contribution in [0, 0.1) is 22.7 Å². The normalized spacial score (nSPS) is 11.7. The minimum atomic E-state index is -0.464. The Bertz CT molecular complexity index is 1650. The van der Waals surface area contributed by atoms with Crippen molar-refractivity contribution in [2.24, 2.45) is 7.05 Å². The molecule has 0 spiro atoms. The zero-order valence-electron chi connectivity index (χ0n) is 19.5. The van der Waals surface area contributed by atoms with Gasteiger partial charge in [0.2, 0.25) is 0 Å². The van der Waals surface area contributed by atoms with Gasteiger partial charge in [0.1, 0.15) is 12.2 Å². The maximum Gasteiger partial charge on any atom is 0.125 e. The second-order valence-corrected chi connectivity index (χ2v) is 8.89. The summed E-state index contributed by atoms with van der Waals surface area (Å²) in [6.07, 6.45) is 3.07. The monoisotopic (exact) mass is 488 g/mol. The first-order chi connectivity index (χ1) is 17.6. The summed E-state index contributed by atoms with van der Waals surface area (Å²) in [5.41, 5.74) is 5.60. The topological polar surface area (TPSA) is 74.6 Å². The fraction of sp³-hybridized carbons (Fsp3) is 0.100. The van der Waals surface area contributed by atoms with Crippen LogP contribution in [0.25, 0.3) is 21.9 Å². The summed E-state index contributed by atoms with van der Waals surface area (Å²) >= 11 is 6.26. The Kier molecular flexibility index (Phi) is 6.52. The van der Waals surface area contributed by atoms with E-state index in [1.54, 1.807) is 24.7 Å². The largest absolute Gasteiger partial charge is 0.362 e. The van der Waals surface area contributed by atoms with Crippen molar-refractivity contribution in [3.63, 3.8) is 0 Å². The lowest BCUT2D eigenvalue weighted by Gasteiger charge is -2.23. The Morgan fingerprint density at radius 3 is 2.53 bits per heavy atom. The lowest BCUT2D eigenvalue weighted by molar-refractivity contribution is 0.0625. The van der Waals surface area contributed by atoms with E-state index < -0.39 is 6.10 Å². The summed E-state index contributed by atoms with van der Waals surface area (Å²) in [5.74, 6) is 0. The van der Waals surface area contributed by atoms with Gasteiger partial charge in [-0.2, -0.15) is 10.5 Å². The molecule has 36 heavy (non-hydrogen) atoms. The van der Waals surface area contributed by atoms with Crippen molar-refractivity contribution in [2.45, 2.75) is 12.7 Å². The fourth-order valence-electron chi connectivity index (χ4n) is 4.42. The van der Waals surface area contributed by atoms with Gasteiger partial charge in [-0.05, 0) is 57.3 Å². The van der Waals surface area contributed by atoms with Crippen LogP contribution in [0.3, 0.4) is 0 Å². The molecule has 0 aliphatic carbocycles. The van der Waals surface area contributed by atoms with E-state index in [0.717, 1.165) is 38.7 Å². The van der Waals surface area contributed by atoms with Crippen molar-refractivity contribution in [1.29, 1.82) is 10.5 Å². The highest BCUT2D eigenvalue weighted by Gasteiger charge is 2.23. The van der Waals surface area contributed by atoms with Crippen molar-refractivity contribution >= 4 is 22.4 Å². The van der Waals surface area contributed by atoms with Crippen LogP contribution in [0.4, 0.5) is 0 Å². The Hall–Kier alpha value is -4.42. The SMILES string of the molecule is Cn1cncc1C(OCc1ccc(C#N)c(Cl)c1)c1ccc(C#N)cc1-c1cccc2ccccc12. The van der Waals surface area contributed by atoms with Crippen molar-refractivity contribution in [3.05, 3.63) is 124 Å². The number of ether oxygens (including phenoxy) is 1. The molecule has 0 fully saturated rings. The summed E-state index contributed by atoms with van der Waals surface area (Å²) in [7, 11) is 1.93. The number of hydrogen-bond donors (Lipinski definition) is 0. The minimum absolute atomic E-state index is 0.274. The molecule has 5 nitrogen and oxygen atoms in total. The predicted octanol–water partition coefficient (Wildman–Crippen LogP) is 6.94. The van der Waals surface area contributed by atoms with Gasteiger partial charge >= 0.3 is 0 Å². The third-order valence-corrected chi connectivity index (χ3v) is 6.55. The molecule has 6 heteroatoms. The van der Waals surface area contributed by atoms with Crippen LogP contribution in [0.2, 0.25) is 5.02 Å². The molecule has 0 N–H and O–H groups in total. The van der Waals surface area contributed by atoms with Gasteiger partial charge in [0.05, 0.1) is 47.0 Å². The van der Waals surface area contributed by atoms with E-state index in [4.69, 9.17) is 16.3 Å². The summed E-state index contributed by atoms with van der Waals surface area (Å²) in [5, 5.41) is 21.5. The van der Waals surface area contributed by atoms with E-state index in [9.17, 15) is 10.5 Å². The van der Waals surface area contributed by atoms with Crippen LogP contribution >= 0.6 is 11.6 Å². The van der Waals surface area contributed by atoms with Gasteiger partial charge in [-0.25, -0.2) is 4.98 Å². The number of nitrogens with zero attached hydrogens (tertiary/aromatic N) is 4. The van der Waals surface area contributed by atoms with Crippen molar-refractivity contribution in [1.82, 2.24) is 9.55 Å². The number of rotatable bonds is 6. The van der Waals surface area contributed by atoms with Gasteiger partial charge < -0.3 is 9.30 Å². The minimum Gasteiger partial charge on any atom is -0.362 e. The molecular formula is C30H21ClN4O. The number of aryl methyl sites for hydroxylation is 1. The van der Waals surface area contributed by atoms with Crippen LogP contribution in [0.1, 0.15) is 34.1 Å². The van der Waals surface area contributed by atoms with E-state index >= 15 is 0 Å². The fourth-order valence-corrected chi connectivity index (χ4v) is 4.67. The molecule has 0 aliphatic heterocycles. The first-order valence-electron chi connectivity index (χ1n) is 11.4. The summed E-state index contributed by atoms with van der Waals surface area (Å²) in [4.78, 5) is 4.32. The standard InChI is InChI=1S/C30H21ClN4O/c1-35-19-34-17-29(35)30(36-18-21-9-11-23(16-33)28(31)14-21)26-12-10-20(15-32)13-27(26)25-8-4-6-22-5-2-3-7-24(22)25/h2-14,17,19,30H,18H2,1H3. The van der Waals surface area contributed by atoms with E-state index in [1.807, 2.05) is 54.1 Å². The first kappa shape index (κ1) is 23.3. The van der Waals surface area contributed by atoms with Gasteiger partial charge in [0, 0.05) is 7.05 Å². The van der Waals surface area contributed by atoms with Crippen LogP contribution in [-0.2, 0) is 18.4 Å². The van der Waals surface area contributed by atoms with Crippen molar-refractivity contribution in [2.75, 3.05) is 0 Å². The smallest absolute Gasteiger partial charge is 0.125 e. The maximum atomic E-state index is 9.67. The van der Waals surface area contributed by atoms with E-state index in [1.165, 1.54) is 0 Å². The molecule has 0 saturated heterocycles. The van der Waals surface area contributed by atoms with Crippen molar-refractivity contribution in [3.8, 4) is 23.3 Å². The first-order valence-corrected chi connectivity index (χ1v) is 11.8. The number of fused-ring (bicyclic) bond motifs is 1. The van der Waals surface area contributed by atoms with Crippen molar-refractivity contribution < 1.29 is 4.74 Å². The number of benzene rings is 4. The molecule has 5 rings (SSSR count). The van der Waals surface area contributed by atoms with Gasteiger partial charge in [0.15, 0.2) is 0 Å². The molecule has 1 atom stereocenters. The Balaban J connectivity index is 1.64. The highest BCUT2D eigenvalue weighted by atomic mass is 35.5. The Morgan fingerprint density at radius 2 is 1.78 bits per heavy atom. The molecule has 0 amide bonds. The zero-order valence-corrected chi connectivity index (χ0v) is 20.3. The molecule has 0 radical (unpaired) electrons. The average molecular weight is 489 g/mol. The lowest BCUT2D eigenvalue weighted by atomic mass is 9.90. The molecule has 174 valence electrons. The third-order valence-electron chi connectivity index (χ3n) is 6.24. The average Bonchev–Trinajstić information content (AvgIpc) is 3.34. The quantitative estimate of drug-likeness (QED) is 0.259. The molecule has 1 heterocycles. The van der Waals surface area contributed by atoms with Gasteiger partial charge in [-0.1, -0.05) is 66.2 Å². The summed E-state index contributed by atoms with van der Waals surface area (Å²) in [6.45, 7) is 0.274. The Labute approximate surface area is 214 Å². The second-order valence-electron chi connectivity index (χ2n) is 8.49. The molecule has 0 saturated carbocycles. The maximum absolute atomic E-state index is 9.67. The third kappa shape index (κ3) is 4.46. The number of hydrogen-bond acceptors (Lipinski definition) is 4. The molecule has 5 aromatic rings. The predicted molar refractivity (Wildman–Crippen MR) is 140 cm³/mol. The van der Waals surface area contributed by atoms with E-state index in [2.05, 4.69) is 41.4 Å². The van der Waals surface area contributed by atoms with E-state index in [0.29, 0.717) is 16.1 Å². The molecule has 0 bridgehead atoms. The van der Waals surface area contributed by atoms with E-state index in [-0.39, 0.29) is 6.61 Å². The Morgan fingerprint density at radius 1 is 0.944 bits per heavy atom. The highest BCUT2D eigenvalue weighted by molar-refractivity contribution is 6.31. The summed E-state index contributed by atoms with van der Waals surface area (Å²) in [6, 6.07) is 29.7.